The molecule has 3 aromatic heterocycles. The zero-order chi connectivity index (χ0) is 41.7. The molecule has 3 nitrogen and oxygen atoms in total. The Morgan fingerprint density at radius 3 is 1.04 bits per heavy atom. The fourth-order valence-electron chi connectivity index (χ4n) is 5.62. The van der Waals surface area contributed by atoms with E-state index in [4.69, 9.17) is 222 Å². The Kier molecular flexibility index (Phi) is 13.6. The lowest BCUT2D eigenvalue weighted by molar-refractivity contribution is 0.668. The van der Waals surface area contributed by atoms with E-state index in [2.05, 4.69) is 0 Å². The number of benzene rings is 6. The maximum Gasteiger partial charge on any atom is 0.157 e. The number of hydrogen-bond acceptors (Lipinski definition) is 3. The van der Waals surface area contributed by atoms with Crippen molar-refractivity contribution in [1.82, 2.24) is 0 Å². The van der Waals surface area contributed by atoms with Gasteiger partial charge in [-0.15, -0.1) is 0 Å². The molecule has 21 heteroatoms. The number of halogens is 18. The summed E-state index contributed by atoms with van der Waals surface area (Å²) in [6.45, 7) is 0. The molecule has 0 saturated heterocycles. The quantitative estimate of drug-likeness (QED) is 0.112. The largest absolute Gasteiger partial charge is 0.456 e. The average molecular weight is 1120 g/mol. The lowest BCUT2D eigenvalue weighted by Crippen LogP contribution is -1.78. The molecule has 0 N–H and O–H groups in total. The normalized spacial score (nSPS) is 11.7. The van der Waals surface area contributed by atoms with Gasteiger partial charge in [-0.3, -0.25) is 0 Å². The Morgan fingerprint density at radius 2 is 0.561 bits per heavy atom. The lowest BCUT2D eigenvalue weighted by atomic mass is 10.1. The van der Waals surface area contributed by atoms with E-state index in [1.807, 2.05) is 0 Å². The molecule has 294 valence electrons. The summed E-state index contributed by atoms with van der Waals surface area (Å²) < 4.78 is 16.9. The predicted molar refractivity (Wildman–Crippen MR) is 251 cm³/mol. The van der Waals surface area contributed by atoms with Crippen molar-refractivity contribution in [2.24, 2.45) is 0 Å². The van der Waals surface area contributed by atoms with E-state index in [0.717, 1.165) is 0 Å². The third kappa shape index (κ3) is 7.86. The Morgan fingerprint density at radius 1 is 0.228 bits per heavy atom. The summed E-state index contributed by atoms with van der Waals surface area (Å²) in [6, 6.07) is 9.69. The molecule has 0 aliphatic rings. The van der Waals surface area contributed by atoms with Gasteiger partial charge in [0.2, 0.25) is 0 Å². The molecule has 0 spiro atoms. The van der Waals surface area contributed by atoms with Gasteiger partial charge in [0.15, 0.2) is 16.7 Å². The van der Waals surface area contributed by atoms with Crippen LogP contribution in [0, 0.1) is 0 Å². The first-order valence-corrected chi connectivity index (χ1v) is 21.6. The van der Waals surface area contributed by atoms with Crippen LogP contribution < -0.4 is 0 Å². The van der Waals surface area contributed by atoms with E-state index in [0.29, 0.717) is 96.0 Å². The van der Waals surface area contributed by atoms with E-state index in [9.17, 15) is 0 Å². The molecule has 0 saturated carbocycles. The molecule has 0 unspecified atom stereocenters. The van der Waals surface area contributed by atoms with Gasteiger partial charge >= 0.3 is 0 Å². The molecular formula is C36H6Cl18O3. The number of furan rings is 3. The molecule has 0 radical (unpaired) electrons. The molecular weight excluding hydrogens is 1120 g/mol. The molecule has 9 rings (SSSR count). The van der Waals surface area contributed by atoms with Gasteiger partial charge in [0.25, 0.3) is 0 Å². The minimum absolute atomic E-state index is 0.150. The summed E-state index contributed by atoms with van der Waals surface area (Å²) in [4.78, 5) is 0. The number of rotatable bonds is 0. The van der Waals surface area contributed by atoms with Crippen LogP contribution >= 0.6 is 209 Å². The van der Waals surface area contributed by atoms with Crippen LogP contribution in [-0.4, -0.2) is 0 Å². The maximum atomic E-state index is 6.20. The van der Waals surface area contributed by atoms with Gasteiger partial charge in [-0.1, -0.05) is 209 Å². The summed E-state index contributed by atoms with van der Waals surface area (Å²) >= 11 is 109. The smallest absolute Gasteiger partial charge is 0.157 e. The van der Waals surface area contributed by atoms with Crippen molar-refractivity contribution >= 4 is 275 Å². The van der Waals surface area contributed by atoms with Gasteiger partial charge < -0.3 is 13.3 Å². The summed E-state index contributed by atoms with van der Waals surface area (Å²) in [5, 5.41) is 8.42. The van der Waals surface area contributed by atoms with Gasteiger partial charge in [0.05, 0.1) is 80.7 Å². The standard InChI is InChI=1S/3C12H2Cl6O/c13-3-1-5-7(11(17)9(3)15)8-6(19-5)2-4(14)10(16)12(8)18;13-5-1-3-4-2-6(14)8(16)10(18)12(4)19-11(3)9(17)7(5)15;13-4-1-3-6(2-5(4)14)19-12-7(3)8(15)9(16)10(17)11(12)18/h3*1-2H. The van der Waals surface area contributed by atoms with Crippen molar-refractivity contribution in [2.45, 2.75) is 0 Å². The van der Waals surface area contributed by atoms with Crippen molar-refractivity contribution in [3.8, 4) is 0 Å². The van der Waals surface area contributed by atoms with Crippen molar-refractivity contribution in [2.75, 3.05) is 0 Å². The monoisotopic (exact) mass is 1120 g/mol. The third-order valence-electron chi connectivity index (χ3n) is 8.18. The highest BCUT2D eigenvalue weighted by molar-refractivity contribution is 6.57. The first-order valence-electron chi connectivity index (χ1n) is 14.8. The minimum atomic E-state index is 0.150. The fourth-order valence-corrected chi connectivity index (χ4v) is 9.54. The molecule has 3 heterocycles. The molecule has 6 aromatic carbocycles. The molecule has 0 aliphatic heterocycles. The predicted octanol–water partition coefficient (Wildman–Crippen LogP) is 22.5. The van der Waals surface area contributed by atoms with Crippen LogP contribution in [0.4, 0.5) is 0 Å². The van der Waals surface area contributed by atoms with Gasteiger partial charge in [0, 0.05) is 45.1 Å². The first-order chi connectivity index (χ1) is 26.7. The zero-order valence-electron chi connectivity index (χ0n) is 26.5. The Labute approximate surface area is 409 Å². The van der Waals surface area contributed by atoms with Crippen molar-refractivity contribution in [3.05, 3.63) is 127 Å². The summed E-state index contributed by atoms with van der Waals surface area (Å²) in [5.74, 6) is 0. The lowest BCUT2D eigenvalue weighted by Gasteiger charge is -2.03. The van der Waals surface area contributed by atoms with Gasteiger partial charge in [-0.25, -0.2) is 0 Å². The minimum Gasteiger partial charge on any atom is -0.456 e. The second-order valence-electron chi connectivity index (χ2n) is 11.5. The second kappa shape index (κ2) is 17.2. The highest BCUT2D eigenvalue weighted by atomic mass is 35.5. The van der Waals surface area contributed by atoms with E-state index < -0.39 is 0 Å². The summed E-state index contributed by atoms with van der Waals surface area (Å²) in [7, 11) is 0. The van der Waals surface area contributed by atoms with E-state index in [1.165, 1.54) is 0 Å². The summed E-state index contributed by atoms with van der Waals surface area (Å²) in [5.41, 5.74) is 2.59. The molecule has 0 fully saturated rings. The molecule has 0 bridgehead atoms. The second-order valence-corrected chi connectivity index (χ2v) is 18.5. The summed E-state index contributed by atoms with van der Waals surface area (Å²) in [6.07, 6.45) is 0. The van der Waals surface area contributed by atoms with Gasteiger partial charge in [-0.05, 0) is 18.2 Å². The van der Waals surface area contributed by atoms with Crippen LogP contribution in [0.25, 0.3) is 65.8 Å². The zero-order valence-corrected chi connectivity index (χ0v) is 40.1. The Hall–Kier alpha value is -0.0600. The van der Waals surface area contributed by atoms with Crippen LogP contribution in [0.5, 0.6) is 0 Å². The van der Waals surface area contributed by atoms with Crippen molar-refractivity contribution < 1.29 is 13.3 Å². The van der Waals surface area contributed by atoms with Crippen LogP contribution in [-0.2, 0) is 0 Å². The van der Waals surface area contributed by atoms with Crippen molar-refractivity contribution in [1.29, 1.82) is 0 Å². The molecule has 0 aliphatic carbocycles. The highest BCUT2D eigenvalue weighted by Crippen LogP contribution is 2.50. The highest BCUT2D eigenvalue weighted by Gasteiger charge is 2.24. The Balaban J connectivity index is 0.000000131. The fraction of sp³-hybridized carbons (Fsp3) is 0. The van der Waals surface area contributed by atoms with Crippen LogP contribution in [0.15, 0.2) is 49.6 Å². The van der Waals surface area contributed by atoms with Crippen LogP contribution in [0.2, 0.25) is 90.4 Å². The topological polar surface area (TPSA) is 39.4 Å². The molecule has 0 atom stereocenters. The number of hydrogen-bond donors (Lipinski definition) is 0. The van der Waals surface area contributed by atoms with Crippen LogP contribution in [0.1, 0.15) is 0 Å². The van der Waals surface area contributed by atoms with E-state index in [1.54, 1.807) is 36.4 Å². The maximum absolute atomic E-state index is 6.20. The Bertz CT molecular complexity index is 3040. The molecule has 57 heavy (non-hydrogen) atoms. The van der Waals surface area contributed by atoms with Crippen molar-refractivity contribution in [3.63, 3.8) is 0 Å². The molecule has 0 amide bonds. The third-order valence-corrected chi connectivity index (χ3v) is 15.7. The van der Waals surface area contributed by atoms with E-state index in [-0.39, 0.29) is 60.3 Å². The SMILES string of the molecule is Clc1cc2c(oc3c(Cl)c(Cl)c(Cl)cc32)c(Cl)c1Cl.Clc1cc2oc3c(Cl)c(Cl)c(Cl)c(Cl)c3c2cc1Cl.Clc1cc2oc3cc(Cl)c(Cl)c(Cl)c3c2c(Cl)c1Cl. The van der Waals surface area contributed by atoms with Crippen LogP contribution in [0.3, 0.4) is 0 Å². The van der Waals surface area contributed by atoms with Gasteiger partial charge in [-0.2, -0.15) is 0 Å². The van der Waals surface area contributed by atoms with E-state index >= 15 is 0 Å². The first kappa shape index (κ1) is 45.0. The molecule has 9 aromatic rings. The van der Waals surface area contributed by atoms with Gasteiger partial charge in [0.1, 0.15) is 31.8 Å². The number of fused-ring (bicyclic) bond motifs is 9. The average Bonchev–Trinajstić information content (AvgIpc) is 3.84.